The van der Waals surface area contributed by atoms with Gasteiger partial charge in [-0.05, 0) is 19.8 Å². The molecule has 76 valence electrons. The highest BCUT2D eigenvalue weighted by atomic mass is 14.9. The standard InChI is InChI=1S/C12H18N2/c1-2-3-6-9-14-12-8-5-4-7-11(12)10-13/h11-12,14H,4-9H2,1H3. The first-order valence-electron chi connectivity index (χ1n) is 5.41. The lowest BCUT2D eigenvalue weighted by molar-refractivity contribution is 0.315. The fourth-order valence-electron chi connectivity index (χ4n) is 1.97. The summed E-state index contributed by atoms with van der Waals surface area (Å²) in [7, 11) is 0. The van der Waals surface area contributed by atoms with E-state index in [0.29, 0.717) is 6.04 Å². The van der Waals surface area contributed by atoms with Crippen molar-refractivity contribution in [2.75, 3.05) is 6.54 Å². The Morgan fingerprint density at radius 2 is 2.14 bits per heavy atom. The molecule has 1 N–H and O–H groups in total. The molecule has 0 amide bonds. The second-order valence-electron chi connectivity index (χ2n) is 3.76. The summed E-state index contributed by atoms with van der Waals surface area (Å²) in [5, 5.41) is 12.4. The van der Waals surface area contributed by atoms with Gasteiger partial charge >= 0.3 is 0 Å². The third-order valence-electron chi connectivity index (χ3n) is 2.77. The molecule has 0 heterocycles. The minimum absolute atomic E-state index is 0.221. The first-order chi connectivity index (χ1) is 6.88. The average molecular weight is 190 g/mol. The fourth-order valence-corrected chi connectivity index (χ4v) is 1.97. The molecule has 1 saturated carbocycles. The van der Waals surface area contributed by atoms with E-state index in [1.54, 1.807) is 0 Å². The van der Waals surface area contributed by atoms with Gasteiger partial charge in [-0.2, -0.15) is 5.26 Å². The Labute approximate surface area is 86.7 Å². The van der Waals surface area contributed by atoms with Crippen molar-refractivity contribution in [3.05, 3.63) is 0 Å². The molecule has 1 fully saturated rings. The topological polar surface area (TPSA) is 35.8 Å². The van der Waals surface area contributed by atoms with E-state index in [1.165, 1.54) is 12.8 Å². The minimum atomic E-state index is 0.221. The van der Waals surface area contributed by atoms with Crippen molar-refractivity contribution in [2.45, 2.75) is 45.1 Å². The van der Waals surface area contributed by atoms with Gasteiger partial charge in [-0.15, -0.1) is 11.8 Å². The molecule has 2 atom stereocenters. The van der Waals surface area contributed by atoms with Crippen molar-refractivity contribution in [3.8, 4) is 17.9 Å². The van der Waals surface area contributed by atoms with E-state index < -0.39 is 0 Å². The van der Waals surface area contributed by atoms with Crippen molar-refractivity contribution in [1.82, 2.24) is 5.32 Å². The lowest BCUT2D eigenvalue weighted by atomic mass is 9.85. The summed E-state index contributed by atoms with van der Waals surface area (Å²) in [6, 6.07) is 2.81. The normalized spacial score (nSPS) is 26.0. The maximum absolute atomic E-state index is 8.95. The predicted octanol–water partition coefficient (Wildman–Crippen LogP) is 2.07. The summed E-state index contributed by atoms with van der Waals surface area (Å²) in [5.74, 6) is 6.12. The molecule has 0 radical (unpaired) electrons. The second kappa shape index (κ2) is 6.46. The molecule has 0 aliphatic heterocycles. The van der Waals surface area contributed by atoms with Crippen LogP contribution in [0.15, 0.2) is 0 Å². The lowest BCUT2D eigenvalue weighted by Gasteiger charge is -2.27. The monoisotopic (exact) mass is 190 g/mol. The first kappa shape index (κ1) is 11.1. The van der Waals surface area contributed by atoms with Gasteiger partial charge in [0.05, 0.1) is 12.0 Å². The van der Waals surface area contributed by atoms with Gasteiger partial charge in [0.15, 0.2) is 0 Å². The van der Waals surface area contributed by atoms with E-state index in [-0.39, 0.29) is 5.92 Å². The zero-order valence-electron chi connectivity index (χ0n) is 8.84. The van der Waals surface area contributed by atoms with Gasteiger partial charge in [0.1, 0.15) is 0 Å². The third kappa shape index (κ3) is 3.40. The van der Waals surface area contributed by atoms with Gasteiger partial charge in [-0.1, -0.05) is 12.8 Å². The smallest absolute Gasteiger partial charge is 0.0672 e. The van der Waals surface area contributed by atoms with Crippen molar-refractivity contribution in [2.24, 2.45) is 5.92 Å². The fraction of sp³-hybridized carbons (Fsp3) is 0.750. The molecule has 2 heteroatoms. The first-order valence-corrected chi connectivity index (χ1v) is 5.41. The van der Waals surface area contributed by atoms with Crippen LogP contribution in [0.3, 0.4) is 0 Å². The molecule has 2 nitrogen and oxygen atoms in total. The molecule has 0 aromatic carbocycles. The molecule has 1 rings (SSSR count). The molecule has 0 spiro atoms. The van der Waals surface area contributed by atoms with E-state index >= 15 is 0 Å². The van der Waals surface area contributed by atoms with E-state index in [4.69, 9.17) is 5.26 Å². The predicted molar refractivity (Wildman–Crippen MR) is 57.4 cm³/mol. The largest absolute Gasteiger partial charge is 0.312 e. The van der Waals surface area contributed by atoms with Gasteiger partial charge in [0.25, 0.3) is 0 Å². The van der Waals surface area contributed by atoms with E-state index in [1.807, 2.05) is 6.92 Å². The van der Waals surface area contributed by atoms with Crippen LogP contribution < -0.4 is 5.32 Å². The van der Waals surface area contributed by atoms with Crippen molar-refractivity contribution in [1.29, 1.82) is 5.26 Å². The quantitative estimate of drug-likeness (QED) is 0.546. The zero-order chi connectivity index (χ0) is 10.2. The Kier molecular flexibility index (Phi) is 5.12. The summed E-state index contributed by atoms with van der Waals surface area (Å²) in [6.07, 6.45) is 5.58. The maximum Gasteiger partial charge on any atom is 0.0672 e. The third-order valence-corrected chi connectivity index (χ3v) is 2.77. The second-order valence-corrected chi connectivity index (χ2v) is 3.76. The molecule has 0 aromatic rings. The van der Waals surface area contributed by atoms with Crippen LogP contribution in [0.5, 0.6) is 0 Å². The summed E-state index contributed by atoms with van der Waals surface area (Å²) < 4.78 is 0. The summed E-state index contributed by atoms with van der Waals surface area (Å²) >= 11 is 0. The number of rotatable bonds is 3. The van der Waals surface area contributed by atoms with Gasteiger partial charge in [0.2, 0.25) is 0 Å². The summed E-state index contributed by atoms with van der Waals surface area (Å²) in [6.45, 7) is 2.78. The van der Waals surface area contributed by atoms with Gasteiger partial charge in [-0.25, -0.2) is 0 Å². The Balaban J connectivity index is 2.26. The number of nitrogens with one attached hydrogen (secondary N) is 1. The average Bonchev–Trinajstić information content (AvgIpc) is 2.25. The van der Waals surface area contributed by atoms with E-state index in [9.17, 15) is 0 Å². The minimum Gasteiger partial charge on any atom is -0.312 e. The maximum atomic E-state index is 8.95. The number of hydrogen-bond acceptors (Lipinski definition) is 2. The lowest BCUT2D eigenvalue weighted by Crippen LogP contribution is -2.38. The molecule has 1 aliphatic rings. The summed E-state index contributed by atoms with van der Waals surface area (Å²) in [5.41, 5.74) is 0. The van der Waals surface area contributed by atoms with Crippen LogP contribution in [0, 0.1) is 29.1 Å². The highest BCUT2D eigenvalue weighted by molar-refractivity contribution is 4.97. The van der Waals surface area contributed by atoms with Crippen LogP contribution in [0.2, 0.25) is 0 Å². The molecule has 14 heavy (non-hydrogen) atoms. The molecular weight excluding hydrogens is 172 g/mol. The molecule has 0 bridgehead atoms. The van der Waals surface area contributed by atoms with Crippen molar-refractivity contribution in [3.63, 3.8) is 0 Å². The van der Waals surface area contributed by atoms with Crippen molar-refractivity contribution >= 4 is 0 Å². The van der Waals surface area contributed by atoms with Crippen molar-refractivity contribution < 1.29 is 0 Å². The highest BCUT2D eigenvalue weighted by Crippen LogP contribution is 2.23. The van der Waals surface area contributed by atoms with Gasteiger partial charge in [0, 0.05) is 19.0 Å². The molecular formula is C12H18N2. The highest BCUT2D eigenvalue weighted by Gasteiger charge is 2.23. The SMILES string of the molecule is CC#CCCNC1CCCCC1C#N. The van der Waals surface area contributed by atoms with E-state index in [0.717, 1.165) is 25.8 Å². The summed E-state index contributed by atoms with van der Waals surface area (Å²) in [4.78, 5) is 0. The Hall–Kier alpha value is -0.990. The Morgan fingerprint density at radius 1 is 1.36 bits per heavy atom. The molecule has 0 saturated heterocycles. The number of nitrogens with zero attached hydrogens (tertiary/aromatic N) is 1. The van der Waals surface area contributed by atoms with Gasteiger partial charge in [-0.3, -0.25) is 0 Å². The van der Waals surface area contributed by atoms with Crippen LogP contribution in [0.25, 0.3) is 0 Å². The molecule has 2 unspecified atom stereocenters. The Morgan fingerprint density at radius 3 is 2.86 bits per heavy atom. The van der Waals surface area contributed by atoms with Crippen LogP contribution in [0.4, 0.5) is 0 Å². The van der Waals surface area contributed by atoms with Crippen LogP contribution in [-0.4, -0.2) is 12.6 Å². The Bertz CT molecular complexity index is 254. The molecule has 1 aliphatic carbocycles. The zero-order valence-corrected chi connectivity index (χ0v) is 8.84. The van der Waals surface area contributed by atoms with Crippen LogP contribution in [-0.2, 0) is 0 Å². The van der Waals surface area contributed by atoms with Crippen LogP contribution >= 0.6 is 0 Å². The van der Waals surface area contributed by atoms with Gasteiger partial charge < -0.3 is 5.32 Å². The number of hydrogen-bond donors (Lipinski definition) is 1. The molecule has 0 aromatic heterocycles. The van der Waals surface area contributed by atoms with Crippen LogP contribution in [0.1, 0.15) is 39.0 Å². The number of nitriles is 1. The van der Waals surface area contributed by atoms with E-state index in [2.05, 4.69) is 23.2 Å².